The van der Waals surface area contributed by atoms with Gasteiger partial charge in [-0.1, -0.05) is 13.8 Å². The largest absolute Gasteiger partial charge is 0.476 e. The Morgan fingerprint density at radius 1 is 1.45 bits per heavy atom. The van der Waals surface area contributed by atoms with Gasteiger partial charge in [0.2, 0.25) is 11.8 Å². The molecule has 5 N–H and O–H groups in total. The molecule has 112 valence electrons. The van der Waals surface area contributed by atoms with E-state index in [0.29, 0.717) is 29.9 Å². The molecule has 0 unspecified atom stereocenters. The molecule has 0 fully saturated rings. The Labute approximate surface area is 119 Å². The fraction of sp³-hybridized carbons (Fsp3) is 0.571. The topological polar surface area (TPSA) is 103 Å². The minimum atomic E-state index is -0.482. The van der Waals surface area contributed by atoms with Crippen LogP contribution in [0.4, 0.5) is 11.5 Å². The first-order chi connectivity index (χ1) is 9.19. The quantitative estimate of drug-likeness (QED) is 0.706. The SMILES string of the molecule is CC(C)COc1nc(NC(C)(C)CC(N)=O)ccc1N. The molecule has 1 aromatic heterocycles. The normalized spacial score (nSPS) is 11.4. The third-order valence-corrected chi connectivity index (χ3v) is 2.53. The van der Waals surface area contributed by atoms with E-state index in [0.717, 1.165) is 0 Å². The molecule has 0 aliphatic rings. The molecule has 0 spiro atoms. The Balaban J connectivity index is 2.81. The van der Waals surface area contributed by atoms with Crippen molar-refractivity contribution in [1.29, 1.82) is 0 Å². The molecule has 1 aromatic rings. The number of rotatable bonds is 7. The van der Waals surface area contributed by atoms with Crippen LogP contribution in [0.5, 0.6) is 5.88 Å². The second-order valence-electron chi connectivity index (χ2n) is 5.95. The summed E-state index contributed by atoms with van der Waals surface area (Å²) < 4.78 is 5.57. The summed E-state index contributed by atoms with van der Waals surface area (Å²) in [5.41, 5.74) is 11.1. The van der Waals surface area contributed by atoms with Crippen LogP contribution in [-0.2, 0) is 4.79 Å². The van der Waals surface area contributed by atoms with Crippen LogP contribution < -0.4 is 21.5 Å². The summed E-state index contributed by atoms with van der Waals surface area (Å²) in [6.45, 7) is 8.41. The average Bonchev–Trinajstić information content (AvgIpc) is 2.27. The number of hydrogen-bond acceptors (Lipinski definition) is 5. The third-order valence-electron chi connectivity index (χ3n) is 2.53. The fourth-order valence-corrected chi connectivity index (χ4v) is 1.71. The van der Waals surface area contributed by atoms with Gasteiger partial charge >= 0.3 is 0 Å². The van der Waals surface area contributed by atoms with Crippen LogP contribution in [0.25, 0.3) is 0 Å². The Bertz CT molecular complexity index is 472. The fourth-order valence-electron chi connectivity index (χ4n) is 1.71. The molecule has 1 rings (SSSR count). The first-order valence-corrected chi connectivity index (χ1v) is 6.65. The first-order valence-electron chi connectivity index (χ1n) is 6.65. The second kappa shape index (κ2) is 6.45. The van der Waals surface area contributed by atoms with Crippen molar-refractivity contribution in [2.45, 2.75) is 39.7 Å². The second-order valence-corrected chi connectivity index (χ2v) is 5.95. The predicted molar refractivity (Wildman–Crippen MR) is 80.5 cm³/mol. The summed E-state index contributed by atoms with van der Waals surface area (Å²) in [5, 5.41) is 3.16. The average molecular weight is 280 g/mol. The number of amides is 1. The molecule has 0 radical (unpaired) electrons. The summed E-state index contributed by atoms with van der Waals surface area (Å²) >= 11 is 0. The molecule has 1 heterocycles. The van der Waals surface area contributed by atoms with Gasteiger partial charge in [0.05, 0.1) is 12.3 Å². The standard InChI is InChI=1S/C14H24N4O2/c1-9(2)8-20-13-10(15)5-6-12(17-13)18-14(3,4)7-11(16)19/h5-6,9H,7-8,15H2,1-4H3,(H2,16,19)(H,17,18). The summed E-state index contributed by atoms with van der Waals surface area (Å²) in [7, 11) is 0. The van der Waals surface area contributed by atoms with Gasteiger partial charge in [-0.15, -0.1) is 0 Å². The lowest BCUT2D eigenvalue weighted by Gasteiger charge is -2.25. The molecular formula is C14H24N4O2. The van der Waals surface area contributed by atoms with Crippen molar-refractivity contribution in [3.63, 3.8) is 0 Å². The monoisotopic (exact) mass is 280 g/mol. The zero-order chi connectivity index (χ0) is 15.3. The van der Waals surface area contributed by atoms with E-state index in [9.17, 15) is 4.79 Å². The van der Waals surface area contributed by atoms with Gasteiger partial charge in [0.15, 0.2) is 0 Å². The van der Waals surface area contributed by atoms with Gasteiger partial charge in [-0.2, -0.15) is 4.98 Å². The van der Waals surface area contributed by atoms with E-state index in [-0.39, 0.29) is 12.3 Å². The van der Waals surface area contributed by atoms with E-state index < -0.39 is 5.54 Å². The molecular weight excluding hydrogens is 256 g/mol. The van der Waals surface area contributed by atoms with Crippen molar-refractivity contribution in [2.75, 3.05) is 17.7 Å². The molecule has 0 saturated carbocycles. The summed E-state index contributed by atoms with van der Waals surface area (Å²) in [5.74, 6) is 1.02. The van der Waals surface area contributed by atoms with Crippen LogP contribution in [0.1, 0.15) is 34.1 Å². The maximum absolute atomic E-state index is 11.0. The zero-order valence-corrected chi connectivity index (χ0v) is 12.6. The van der Waals surface area contributed by atoms with Crippen molar-refractivity contribution >= 4 is 17.4 Å². The maximum Gasteiger partial charge on any atom is 0.239 e. The number of primary amides is 1. The van der Waals surface area contributed by atoms with Crippen molar-refractivity contribution in [2.24, 2.45) is 11.7 Å². The number of hydrogen-bond donors (Lipinski definition) is 3. The minimum Gasteiger partial charge on any atom is -0.476 e. The van der Waals surface area contributed by atoms with E-state index in [4.69, 9.17) is 16.2 Å². The van der Waals surface area contributed by atoms with Crippen molar-refractivity contribution in [3.05, 3.63) is 12.1 Å². The Morgan fingerprint density at radius 2 is 2.10 bits per heavy atom. The van der Waals surface area contributed by atoms with Gasteiger partial charge in [-0.25, -0.2) is 0 Å². The van der Waals surface area contributed by atoms with Crippen LogP contribution >= 0.6 is 0 Å². The number of nitrogen functional groups attached to an aromatic ring is 1. The predicted octanol–water partition coefficient (Wildman–Crippen LogP) is 1.76. The van der Waals surface area contributed by atoms with Crippen LogP contribution in [0.15, 0.2) is 12.1 Å². The number of carbonyl (C=O) groups is 1. The molecule has 1 amide bonds. The summed E-state index contributed by atoms with van der Waals surface area (Å²) in [4.78, 5) is 15.3. The molecule has 0 saturated heterocycles. The lowest BCUT2D eigenvalue weighted by atomic mass is 10.0. The van der Waals surface area contributed by atoms with Gasteiger partial charge in [0, 0.05) is 12.0 Å². The van der Waals surface area contributed by atoms with Crippen molar-refractivity contribution in [1.82, 2.24) is 4.98 Å². The summed E-state index contributed by atoms with van der Waals surface area (Å²) in [6, 6.07) is 3.48. The molecule has 0 aliphatic carbocycles. The highest BCUT2D eigenvalue weighted by Crippen LogP contribution is 2.24. The van der Waals surface area contributed by atoms with Gasteiger partial charge in [0.1, 0.15) is 5.82 Å². The number of nitrogens with zero attached hydrogens (tertiary/aromatic N) is 1. The van der Waals surface area contributed by atoms with Crippen LogP contribution in [0.2, 0.25) is 0 Å². The Hall–Kier alpha value is -1.98. The van der Waals surface area contributed by atoms with Gasteiger partial charge in [-0.3, -0.25) is 4.79 Å². The smallest absolute Gasteiger partial charge is 0.239 e. The van der Waals surface area contributed by atoms with Crippen LogP contribution in [-0.4, -0.2) is 23.0 Å². The molecule has 0 aromatic carbocycles. The number of aromatic nitrogens is 1. The lowest BCUT2D eigenvalue weighted by Crippen LogP contribution is -2.36. The van der Waals surface area contributed by atoms with Crippen LogP contribution in [0, 0.1) is 5.92 Å². The van der Waals surface area contributed by atoms with E-state index in [1.807, 2.05) is 27.7 Å². The number of carbonyl (C=O) groups excluding carboxylic acids is 1. The molecule has 20 heavy (non-hydrogen) atoms. The molecule has 0 aliphatic heterocycles. The lowest BCUT2D eigenvalue weighted by molar-refractivity contribution is -0.118. The minimum absolute atomic E-state index is 0.210. The first kappa shape index (κ1) is 16.1. The number of anilines is 2. The van der Waals surface area contributed by atoms with Crippen LogP contribution in [0.3, 0.4) is 0 Å². The Morgan fingerprint density at radius 3 is 2.65 bits per heavy atom. The molecule has 0 bridgehead atoms. The number of nitrogens with two attached hydrogens (primary N) is 2. The van der Waals surface area contributed by atoms with Gasteiger partial charge < -0.3 is 21.5 Å². The zero-order valence-electron chi connectivity index (χ0n) is 12.6. The third kappa shape index (κ3) is 5.34. The Kier molecular flexibility index (Phi) is 5.19. The highest BCUT2D eigenvalue weighted by molar-refractivity contribution is 5.75. The van der Waals surface area contributed by atoms with Gasteiger partial charge in [-0.05, 0) is 31.9 Å². The van der Waals surface area contributed by atoms with E-state index >= 15 is 0 Å². The van der Waals surface area contributed by atoms with Crippen molar-refractivity contribution in [3.8, 4) is 5.88 Å². The maximum atomic E-state index is 11.0. The number of nitrogens with one attached hydrogen (secondary N) is 1. The van der Waals surface area contributed by atoms with Gasteiger partial charge in [0.25, 0.3) is 0 Å². The molecule has 0 atom stereocenters. The molecule has 6 nitrogen and oxygen atoms in total. The van der Waals surface area contributed by atoms with E-state index in [1.165, 1.54) is 0 Å². The number of pyridine rings is 1. The summed E-state index contributed by atoms with van der Waals surface area (Å²) in [6.07, 6.45) is 0.210. The van der Waals surface area contributed by atoms with E-state index in [2.05, 4.69) is 10.3 Å². The number of ether oxygens (including phenoxy) is 1. The highest BCUT2D eigenvalue weighted by atomic mass is 16.5. The highest BCUT2D eigenvalue weighted by Gasteiger charge is 2.21. The van der Waals surface area contributed by atoms with Crippen molar-refractivity contribution < 1.29 is 9.53 Å². The van der Waals surface area contributed by atoms with E-state index in [1.54, 1.807) is 12.1 Å². The molecule has 6 heteroatoms.